The number of nitrogens with one attached hydrogen (secondary N) is 3. The molecule has 3 atom stereocenters. The van der Waals surface area contributed by atoms with E-state index >= 15 is 0 Å². The van der Waals surface area contributed by atoms with Crippen molar-refractivity contribution in [1.82, 2.24) is 15.5 Å². The molecule has 2 heterocycles. The first-order chi connectivity index (χ1) is 18.4. The minimum Gasteiger partial charge on any atom is -0.446 e. The van der Waals surface area contributed by atoms with E-state index in [0.29, 0.717) is 32.2 Å². The molecular formula is C27H32F3N5O4. The van der Waals surface area contributed by atoms with Gasteiger partial charge in [0, 0.05) is 41.9 Å². The van der Waals surface area contributed by atoms with Crippen molar-refractivity contribution in [3.05, 3.63) is 41.1 Å². The number of rotatable bonds is 7. The second-order valence-electron chi connectivity index (χ2n) is 11.1. The van der Waals surface area contributed by atoms with Crippen LogP contribution in [0.25, 0.3) is 0 Å². The summed E-state index contributed by atoms with van der Waals surface area (Å²) in [4.78, 5) is 38.4. The first-order valence-electron chi connectivity index (χ1n) is 13.3. The number of H-pyrrole nitrogens is 1. The van der Waals surface area contributed by atoms with Gasteiger partial charge in [0.15, 0.2) is 5.82 Å². The smallest absolute Gasteiger partial charge is 0.416 e. The Morgan fingerprint density at radius 2 is 2.00 bits per heavy atom. The van der Waals surface area contributed by atoms with Crippen LogP contribution in [-0.4, -0.2) is 46.3 Å². The Kier molecular flexibility index (Phi) is 7.06. The summed E-state index contributed by atoms with van der Waals surface area (Å²) >= 11 is 0. The van der Waals surface area contributed by atoms with Crippen LogP contribution in [0.5, 0.6) is 0 Å². The fraction of sp³-hybridized carbons (Fsp3) is 0.556. The fourth-order valence-corrected chi connectivity index (χ4v) is 5.31. The van der Waals surface area contributed by atoms with Gasteiger partial charge in [-0.1, -0.05) is 6.07 Å². The largest absolute Gasteiger partial charge is 0.446 e. The molecule has 2 saturated carbocycles. The standard InChI is InChI=1S/C27H32F3N5O4/c1-15(19-8-6-17(13-20(19)27(28,29)30)35-11-3-4-23(35)36)24(37)31-22-14-21(33-34-22)16-5-7-18(12-16)39-25(38)32-26(2)9-10-26/h6,8,13-16,18H,3-5,7,9-12H2,1-2H3,(H,32,38)(H2,31,33,34,37)/t15?,16-,18+/m1/s1. The molecule has 1 saturated heterocycles. The third-order valence-corrected chi connectivity index (χ3v) is 7.94. The van der Waals surface area contributed by atoms with E-state index in [1.807, 2.05) is 6.92 Å². The lowest BCUT2D eigenvalue weighted by atomic mass is 9.93. The second kappa shape index (κ2) is 10.2. The van der Waals surface area contributed by atoms with E-state index in [9.17, 15) is 27.6 Å². The minimum absolute atomic E-state index is 0.0487. The lowest BCUT2D eigenvalue weighted by molar-refractivity contribution is -0.138. The molecule has 12 heteroatoms. The number of aromatic amines is 1. The Morgan fingerprint density at radius 3 is 2.67 bits per heavy atom. The summed E-state index contributed by atoms with van der Waals surface area (Å²) in [6.45, 7) is 3.75. The van der Waals surface area contributed by atoms with Gasteiger partial charge in [0.2, 0.25) is 11.8 Å². The van der Waals surface area contributed by atoms with Gasteiger partial charge in [0.05, 0.1) is 11.5 Å². The molecule has 2 aromatic rings. The van der Waals surface area contributed by atoms with Crippen molar-refractivity contribution < 1.29 is 32.3 Å². The van der Waals surface area contributed by atoms with Gasteiger partial charge in [-0.15, -0.1) is 0 Å². The molecule has 0 radical (unpaired) electrons. The van der Waals surface area contributed by atoms with Gasteiger partial charge >= 0.3 is 12.3 Å². The lowest BCUT2D eigenvalue weighted by Crippen LogP contribution is -2.36. The third-order valence-electron chi connectivity index (χ3n) is 7.94. The van der Waals surface area contributed by atoms with Crippen LogP contribution in [0.3, 0.4) is 0 Å². The number of alkyl halides is 3. The number of hydrogen-bond donors (Lipinski definition) is 3. The quantitative estimate of drug-likeness (QED) is 0.440. The van der Waals surface area contributed by atoms with Crippen molar-refractivity contribution >= 4 is 29.4 Å². The van der Waals surface area contributed by atoms with E-state index in [0.717, 1.165) is 31.0 Å². The zero-order chi connectivity index (χ0) is 27.9. The van der Waals surface area contributed by atoms with E-state index in [1.165, 1.54) is 24.0 Å². The number of ether oxygens (including phenoxy) is 1. The van der Waals surface area contributed by atoms with E-state index in [4.69, 9.17) is 4.74 Å². The van der Waals surface area contributed by atoms with E-state index in [2.05, 4.69) is 20.8 Å². The van der Waals surface area contributed by atoms with Crippen LogP contribution < -0.4 is 15.5 Å². The number of nitrogens with zero attached hydrogens (tertiary/aromatic N) is 2. The highest BCUT2D eigenvalue weighted by Crippen LogP contribution is 2.40. The maximum absolute atomic E-state index is 13.9. The van der Waals surface area contributed by atoms with Crippen molar-refractivity contribution in [2.75, 3.05) is 16.8 Å². The van der Waals surface area contributed by atoms with Gasteiger partial charge in [-0.2, -0.15) is 18.3 Å². The summed E-state index contributed by atoms with van der Waals surface area (Å²) in [6, 6.07) is 5.32. The Morgan fingerprint density at radius 1 is 1.23 bits per heavy atom. The Bertz CT molecular complexity index is 1270. The van der Waals surface area contributed by atoms with Gasteiger partial charge in [0.1, 0.15) is 6.10 Å². The average molecular weight is 548 g/mol. The van der Waals surface area contributed by atoms with Crippen LogP contribution >= 0.6 is 0 Å². The second-order valence-corrected chi connectivity index (χ2v) is 11.1. The molecular weight excluding hydrogens is 515 g/mol. The summed E-state index contributed by atoms with van der Waals surface area (Å²) in [6.07, 6.45) is -0.477. The van der Waals surface area contributed by atoms with Gasteiger partial charge in [-0.05, 0) is 70.1 Å². The molecule has 5 rings (SSSR count). The summed E-state index contributed by atoms with van der Waals surface area (Å²) in [5.41, 5.74) is -0.342. The Labute approximate surface area is 223 Å². The highest BCUT2D eigenvalue weighted by molar-refractivity contribution is 5.97. The number of carbonyl (C=O) groups is 3. The molecule has 0 spiro atoms. The maximum Gasteiger partial charge on any atom is 0.416 e. The molecule has 210 valence electrons. The molecule has 3 fully saturated rings. The summed E-state index contributed by atoms with van der Waals surface area (Å²) in [7, 11) is 0. The van der Waals surface area contributed by atoms with Crippen molar-refractivity contribution in [3.63, 3.8) is 0 Å². The van der Waals surface area contributed by atoms with Gasteiger partial charge in [-0.3, -0.25) is 14.7 Å². The first-order valence-corrected chi connectivity index (χ1v) is 13.3. The highest BCUT2D eigenvalue weighted by Gasteiger charge is 2.40. The van der Waals surface area contributed by atoms with E-state index < -0.39 is 29.7 Å². The molecule has 0 bridgehead atoms. The number of anilines is 2. The first kappa shape index (κ1) is 27.0. The van der Waals surface area contributed by atoms with Crippen LogP contribution in [0.1, 0.15) is 87.4 Å². The van der Waals surface area contributed by atoms with E-state index in [-0.39, 0.29) is 40.5 Å². The number of amides is 3. The average Bonchev–Trinajstić information content (AvgIpc) is 3.28. The number of hydrogen-bond acceptors (Lipinski definition) is 5. The van der Waals surface area contributed by atoms with Crippen molar-refractivity contribution in [1.29, 1.82) is 0 Å². The summed E-state index contributed by atoms with van der Waals surface area (Å²) in [5.74, 6) is -1.72. The van der Waals surface area contributed by atoms with Crippen LogP contribution in [-0.2, 0) is 20.5 Å². The molecule has 9 nitrogen and oxygen atoms in total. The number of halogens is 3. The molecule has 1 aromatic carbocycles. The minimum atomic E-state index is -4.70. The number of benzene rings is 1. The van der Waals surface area contributed by atoms with Crippen LogP contribution in [0.15, 0.2) is 24.3 Å². The molecule has 3 N–H and O–H groups in total. The van der Waals surface area contributed by atoms with Crippen molar-refractivity contribution in [3.8, 4) is 0 Å². The summed E-state index contributed by atoms with van der Waals surface area (Å²) in [5, 5.41) is 12.5. The highest BCUT2D eigenvalue weighted by atomic mass is 19.4. The number of aromatic nitrogens is 2. The van der Waals surface area contributed by atoms with Gasteiger partial charge in [-0.25, -0.2) is 4.79 Å². The summed E-state index contributed by atoms with van der Waals surface area (Å²) < 4.78 is 47.4. The molecule has 2 aliphatic carbocycles. The lowest BCUT2D eigenvalue weighted by Gasteiger charge is -2.22. The fourth-order valence-electron chi connectivity index (χ4n) is 5.31. The number of alkyl carbamates (subject to hydrolysis) is 1. The Balaban J connectivity index is 1.22. The molecule has 1 unspecified atom stereocenters. The van der Waals surface area contributed by atoms with Crippen molar-refractivity contribution in [2.24, 2.45) is 0 Å². The van der Waals surface area contributed by atoms with E-state index in [1.54, 1.807) is 6.07 Å². The normalized spacial score (nSPS) is 23.0. The van der Waals surface area contributed by atoms with Crippen LogP contribution in [0, 0.1) is 0 Å². The molecule has 1 aromatic heterocycles. The predicted octanol–water partition coefficient (Wildman–Crippen LogP) is 5.21. The van der Waals surface area contributed by atoms with Crippen LogP contribution in [0.2, 0.25) is 0 Å². The zero-order valence-corrected chi connectivity index (χ0v) is 21.9. The van der Waals surface area contributed by atoms with Gasteiger partial charge in [0.25, 0.3) is 0 Å². The van der Waals surface area contributed by atoms with Gasteiger partial charge < -0.3 is 20.3 Å². The SMILES string of the molecule is CC(C(=O)Nc1cc([C@@H]2CC[C@H](OC(=O)NC3(C)CC3)C2)[nH]n1)c1ccc(N2CCCC2=O)cc1C(F)(F)F. The third kappa shape index (κ3) is 6.04. The molecule has 3 aliphatic rings. The van der Waals surface area contributed by atoms with Crippen LogP contribution in [0.4, 0.5) is 29.5 Å². The predicted molar refractivity (Wildman–Crippen MR) is 136 cm³/mol. The topological polar surface area (TPSA) is 116 Å². The molecule has 1 aliphatic heterocycles. The monoisotopic (exact) mass is 547 g/mol. The maximum atomic E-state index is 13.9. The molecule has 3 amide bonds. The zero-order valence-electron chi connectivity index (χ0n) is 21.9. The van der Waals surface area contributed by atoms with Crippen molar-refractivity contribution in [2.45, 2.75) is 88.4 Å². The number of carbonyl (C=O) groups excluding carboxylic acids is 3. The molecule has 39 heavy (non-hydrogen) atoms. The Hall–Kier alpha value is -3.57.